The van der Waals surface area contributed by atoms with E-state index in [9.17, 15) is 4.79 Å². The highest BCUT2D eigenvalue weighted by atomic mass is 16.2. The second-order valence-electron chi connectivity index (χ2n) is 5.67. The lowest BCUT2D eigenvalue weighted by atomic mass is 10.1. The highest BCUT2D eigenvalue weighted by molar-refractivity contribution is 5.92. The zero-order chi connectivity index (χ0) is 11.5. The van der Waals surface area contributed by atoms with E-state index in [1.807, 2.05) is 16.5 Å². The average Bonchev–Trinajstić information content (AvgIpc) is 2.72. The highest BCUT2D eigenvalue weighted by Crippen LogP contribution is 2.61. The summed E-state index contributed by atoms with van der Waals surface area (Å²) < 4.78 is 1.81. The Labute approximate surface area is 95.3 Å². The standard InChI is InChI=1S/C12H17N3O/c1-12(2)8-4-15(5-9(8)12)11(16)10-6-14(3)7-13-10/h6-9H,4-5H2,1-3H3. The van der Waals surface area contributed by atoms with Crippen molar-refractivity contribution >= 4 is 5.91 Å². The molecule has 1 saturated carbocycles. The third kappa shape index (κ3) is 1.22. The van der Waals surface area contributed by atoms with Crippen molar-refractivity contribution in [1.29, 1.82) is 0 Å². The second kappa shape index (κ2) is 2.87. The molecule has 0 bridgehead atoms. The first-order valence-electron chi connectivity index (χ1n) is 5.77. The van der Waals surface area contributed by atoms with Gasteiger partial charge in [0.1, 0.15) is 5.69 Å². The fourth-order valence-corrected chi connectivity index (χ4v) is 2.98. The van der Waals surface area contributed by atoms with Gasteiger partial charge in [-0.15, -0.1) is 0 Å². The lowest BCUT2D eigenvalue weighted by molar-refractivity contribution is 0.0752. The molecule has 1 aromatic heterocycles. The number of nitrogens with zero attached hydrogens (tertiary/aromatic N) is 3. The van der Waals surface area contributed by atoms with Crippen LogP contribution >= 0.6 is 0 Å². The molecule has 86 valence electrons. The quantitative estimate of drug-likeness (QED) is 0.710. The van der Waals surface area contributed by atoms with E-state index < -0.39 is 0 Å². The molecule has 2 aliphatic rings. The zero-order valence-corrected chi connectivity index (χ0v) is 9.97. The van der Waals surface area contributed by atoms with Crippen molar-refractivity contribution in [3.05, 3.63) is 18.2 Å². The molecule has 2 heterocycles. The van der Waals surface area contributed by atoms with Crippen molar-refractivity contribution in [2.45, 2.75) is 13.8 Å². The summed E-state index contributed by atoms with van der Waals surface area (Å²) in [5.74, 6) is 1.50. The first-order chi connectivity index (χ1) is 7.50. The van der Waals surface area contributed by atoms with Gasteiger partial charge >= 0.3 is 0 Å². The third-order valence-corrected chi connectivity index (χ3v) is 4.33. The molecule has 4 heteroatoms. The first kappa shape index (κ1) is 9.87. The van der Waals surface area contributed by atoms with Crippen molar-refractivity contribution < 1.29 is 4.79 Å². The topological polar surface area (TPSA) is 38.1 Å². The summed E-state index contributed by atoms with van der Waals surface area (Å²) in [5, 5.41) is 0. The number of aryl methyl sites for hydroxylation is 1. The summed E-state index contributed by atoms with van der Waals surface area (Å²) in [5.41, 5.74) is 1.03. The van der Waals surface area contributed by atoms with Crippen LogP contribution in [0.15, 0.2) is 12.5 Å². The van der Waals surface area contributed by atoms with E-state index >= 15 is 0 Å². The van der Waals surface area contributed by atoms with Crippen molar-refractivity contribution in [3.8, 4) is 0 Å². The van der Waals surface area contributed by atoms with Crippen LogP contribution in [-0.2, 0) is 7.05 Å². The van der Waals surface area contributed by atoms with Crippen molar-refractivity contribution in [2.24, 2.45) is 24.3 Å². The molecular weight excluding hydrogens is 202 g/mol. The van der Waals surface area contributed by atoms with Gasteiger partial charge in [-0.3, -0.25) is 4.79 Å². The number of carbonyl (C=O) groups is 1. The smallest absolute Gasteiger partial charge is 0.274 e. The molecule has 1 amide bonds. The summed E-state index contributed by atoms with van der Waals surface area (Å²) in [6.07, 6.45) is 3.46. The van der Waals surface area contributed by atoms with Crippen molar-refractivity contribution in [3.63, 3.8) is 0 Å². The number of likely N-dealkylation sites (tertiary alicyclic amines) is 1. The lowest BCUT2D eigenvalue weighted by Crippen LogP contribution is -2.33. The van der Waals surface area contributed by atoms with Gasteiger partial charge < -0.3 is 9.47 Å². The van der Waals surface area contributed by atoms with Crippen LogP contribution in [0.4, 0.5) is 0 Å². The van der Waals surface area contributed by atoms with Gasteiger partial charge in [-0.1, -0.05) is 13.8 Å². The number of piperidine rings is 1. The van der Waals surface area contributed by atoms with Crippen LogP contribution in [0, 0.1) is 17.3 Å². The second-order valence-corrected chi connectivity index (χ2v) is 5.67. The molecular formula is C12H17N3O. The molecule has 16 heavy (non-hydrogen) atoms. The maximum atomic E-state index is 12.1. The molecule has 1 aliphatic carbocycles. The lowest BCUT2D eigenvalue weighted by Gasteiger charge is -2.21. The maximum Gasteiger partial charge on any atom is 0.274 e. The number of hydrogen-bond acceptors (Lipinski definition) is 2. The molecule has 2 fully saturated rings. The number of aromatic nitrogens is 2. The van der Waals surface area contributed by atoms with Crippen LogP contribution in [0.5, 0.6) is 0 Å². The summed E-state index contributed by atoms with van der Waals surface area (Å²) in [7, 11) is 1.88. The van der Waals surface area contributed by atoms with Crippen LogP contribution in [0.3, 0.4) is 0 Å². The average molecular weight is 219 g/mol. The normalized spacial score (nSPS) is 30.3. The van der Waals surface area contributed by atoms with Crippen LogP contribution < -0.4 is 0 Å². The van der Waals surface area contributed by atoms with Gasteiger partial charge in [0.2, 0.25) is 0 Å². The van der Waals surface area contributed by atoms with Crippen LogP contribution in [0.1, 0.15) is 24.3 Å². The van der Waals surface area contributed by atoms with E-state index in [1.165, 1.54) is 0 Å². The number of fused-ring (bicyclic) bond motifs is 1. The van der Waals surface area contributed by atoms with E-state index in [0.717, 1.165) is 13.1 Å². The fourth-order valence-electron chi connectivity index (χ4n) is 2.98. The molecule has 1 aliphatic heterocycles. The molecule has 1 saturated heterocycles. The van der Waals surface area contributed by atoms with Gasteiger partial charge in [-0.05, 0) is 17.3 Å². The monoisotopic (exact) mass is 219 g/mol. The van der Waals surface area contributed by atoms with Crippen LogP contribution in [0.25, 0.3) is 0 Å². The Morgan fingerprint density at radius 2 is 2.06 bits per heavy atom. The molecule has 1 aromatic rings. The third-order valence-electron chi connectivity index (χ3n) is 4.33. The van der Waals surface area contributed by atoms with Gasteiger partial charge in [0.05, 0.1) is 6.33 Å². The van der Waals surface area contributed by atoms with Gasteiger partial charge in [-0.2, -0.15) is 0 Å². The molecule has 4 nitrogen and oxygen atoms in total. The van der Waals surface area contributed by atoms with E-state index in [1.54, 1.807) is 12.5 Å². The highest BCUT2D eigenvalue weighted by Gasteiger charge is 2.62. The largest absolute Gasteiger partial charge is 0.340 e. The Bertz CT molecular complexity index is 435. The number of imidazole rings is 1. The summed E-state index contributed by atoms with van der Waals surface area (Å²) in [4.78, 5) is 18.1. The molecule has 2 unspecified atom stereocenters. The number of rotatable bonds is 1. The van der Waals surface area contributed by atoms with Crippen molar-refractivity contribution in [2.75, 3.05) is 13.1 Å². The molecule has 3 rings (SSSR count). The minimum atomic E-state index is 0.0867. The molecule has 0 aromatic carbocycles. The Hall–Kier alpha value is -1.32. The summed E-state index contributed by atoms with van der Waals surface area (Å²) in [6, 6.07) is 0. The van der Waals surface area contributed by atoms with Gasteiger partial charge in [0, 0.05) is 26.3 Å². The van der Waals surface area contributed by atoms with E-state index in [-0.39, 0.29) is 5.91 Å². The SMILES string of the molecule is Cn1cnc(C(=O)N2CC3C(C2)C3(C)C)c1. The fraction of sp³-hybridized carbons (Fsp3) is 0.667. The Morgan fingerprint density at radius 1 is 1.44 bits per heavy atom. The van der Waals surface area contributed by atoms with E-state index in [4.69, 9.17) is 0 Å². The minimum absolute atomic E-state index is 0.0867. The Balaban J connectivity index is 1.71. The summed E-state index contributed by atoms with van der Waals surface area (Å²) >= 11 is 0. The number of carbonyl (C=O) groups excluding carboxylic acids is 1. The molecule has 2 atom stereocenters. The molecule has 0 radical (unpaired) electrons. The minimum Gasteiger partial charge on any atom is -0.340 e. The zero-order valence-electron chi connectivity index (χ0n) is 9.97. The maximum absolute atomic E-state index is 12.1. The van der Waals surface area contributed by atoms with Crippen molar-refractivity contribution in [1.82, 2.24) is 14.5 Å². The summed E-state index contributed by atoms with van der Waals surface area (Å²) in [6.45, 7) is 6.41. The van der Waals surface area contributed by atoms with Gasteiger partial charge in [0.25, 0.3) is 5.91 Å². The van der Waals surface area contributed by atoms with Gasteiger partial charge in [-0.25, -0.2) is 4.98 Å². The van der Waals surface area contributed by atoms with Crippen LogP contribution in [0.2, 0.25) is 0 Å². The first-order valence-corrected chi connectivity index (χ1v) is 5.77. The number of amides is 1. The number of hydrogen-bond donors (Lipinski definition) is 0. The van der Waals surface area contributed by atoms with E-state index in [0.29, 0.717) is 22.9 Å². The molecule has 0 N–H and O–H groups in total. The Kier molecular flexibility index (Phi) is 1.77. The van der Waals surface area contributed by atoms with E-state index in [2.05, 4.69) is 18.8 Å². The van der Waals surface area contributed by atoms with Crippen LogP contribution in [-0.4, -0.2) is 33.4 Å². The predicted octanol–water partition coefficient (Wildman–Crippen LogP) is 1.15. The predicted molar refractivity (Wildman–Crippen MR) is 59.9 cm³/mol. The molecule has 0 spiro atoms. The Morgan fingerprint density at radius 3 is 2.56 bits per heavy atom. The van der Waals surface area contributed by atoms with Gasteiger partial charge in [0.15, 0.2) is 0 Å².